The maximum atomic E-state index is 11.6. The molecule has 1 aromatic heterocycles. The summed E-state index contributed by atoms with van der Waals surface area (Å²) < 4.78 is 0. The number of pyridine rings is 1. The maximum absolute atomic E-state index is 11.6. The Balaban J connectivity index is 2.09. The zero-order valence-corrected chi connectivity index (χ0v) is 7.86. The number of nitrogens with zero attached hydrogens (tertiary/aromatic N) is 1. The molecule has 1 saturated carbocycles. The first-order valence-corrected chi connectivity index (χ1v) is 4.74. The molecule has 2 rings (SSSR count). The second-order valence-electron chi connectivity index (χ2n) is 3.53. The highest BCUT2D eigenvalue weighted by molar-refractivity contribution is 5.94. The summed E-state index contributed by atoms with van der Waals surface area (Å²) in [7, 11) is 0. The molecule has 14 heavy (non-hydrogen) atoms. The second kappa shape index (κ2) is 3.75. The summed E-state index contributed by atoms with van der Waals surface area (Å²) in [6.45, 7) is 0.414. The van der Waals surface area contributed by atoms with E-state index in [-0.39, 0.29) is 5.91 Å². The highest BCUT2D eigenvalue weighted by atomic mass is 16.1. The molecule has 0 unspecified atom stereocenters. The number of carbonyl (C=O) groups is 1. The zero-order valence-electron chi connectivity index (χ0n) is 7.86. The van der Waals surface area contributed by atoms with Gasteiger partial charge in [-0.15, -0.1) is 0 Å². The minimum Gasteiger partial charge on any atom is -0.349 e. The summed E-state index contributed by atoms with van der Waals surface area (Å²) in [6, 6.07) is 2.16. The third-order valence-electron chi connectivity index (χ3n) is 2.21. The Hall–Kier alpha value is -1.42. The van der Waals surface area contributed by atoms with Gasteiger partial charge in [-0.3, -0.25) is 9.78 Å². The van der Waals surface area contributed by atoms with Gasteiger partial charge in [0, 0.05) is 25.0 Å². The van der Waals surface area contributed by atoms with Gasteiger partial charge in [0.1, 0.15) is 0 Å². The van der Waals surface area contributed by atoms with Gasteiger partial charge in [0.15, 0.2) is 0 Å². The van der Waals surface area contributed by atoms with Gasteiger partial charge in [-0.25, -0.2) is 0 Å². The molecule has 0 spiro atoms. The normalized spacial score (nSPS) is 15.2. The van der Waals surface area contributed by atoms with Crippen LogP contribution in [0.1, 0.15) is 28.8 Å². The van der Waals surface area contributed by atoms with Crippen LogP contribution in [0.4, 0.5) is 0 Å². The molecule has 4 heteroatoms. The number of aromatic nitrogens is 1. The number of amides is 1. The number of nitrogens with one attached hydrogen (secondary N) is 1. The van der Waals surface area contributed by atoms with E-state index in [1.54, 1.807) is 18.5 Å². The Morgan fingerprint density at radius 2 is 2.36 bits per heavy atom. The Kier molecular flexibility index (Phi) is 2.45. The van der Waals surface area contributed by atoms with Crippen LogP contribution in [-0.4, -0.2) is 16.9 Å². The molecule has 1 heterocycles. The zero-order chi connectivity index (χ0) is 9.97. The molecule has 1 aliphatic carbocycles. The molecule has 0 aromatic carbocycles. The molecule has 0 radical (unpaired) electrons. The molecule has 4 nitrogen and oxygen atoms in total. The van der Waals surface area contributed by atoms with Crippen LogP contribution in [-0.2, 0) is 6.54 Å². The molecule has 0 bridgehead atoms. The lowest BCUT2D eigenvalue weighted by molar-refractivity contribution is 0.0950. The van der Waals surface area contributed by atoms with E-state index in [0.717, 1.165) is 18.4 Å². The van der Waals surface area contributed by atoms with Gasteiger partial charge in [0.05, 0.1) is 5.56 Å². The van der Waals surface area contributed by atoms with Gasteiger partial charge in [-0.1, -0.05) is 0 Å². The van der Waals surface area contributed by atoms with Gasteiger partial charge in [0.25, 0.3) is 5.91 Å². The van der Waals surface area contributed by atoms with Crippen LogP contribution >= 0.6 is 0 Å². The monoisotopic (exact) mass is 191 g/mol. The van der Waals surface area contributed by atoms with Crippen molar-refractivity contribution in [3.63, 3.8) is 0 Å². The van der Waals surface area contributed by atoms with Crippen LogP contribution in [0.5, 0.6) is 0 Å². The number of hydrogen-bond donors (Lipinski definition) is 2. The molecule has 1 fully saturated rings. The number of rotatable bonds is 3. The van der Waals surface area contributed by atoms with E-state index in [2.05, 4.69) is 10.3 Å². The lowest BCUT2D eigenvalue weighted by Gasteiger charge is -2.03. The molecule has 3 N–H and O–H groups in total. The topological polar surface area (TPSA) is 68.0 Å². The van der Waals surface area contributed by atoms with Crippen LogP contribution in [0.15, 0.2) is 18.5 Å². The number of hydrogen-bond acceptors (Lipinski definition) is 3. The third-order valence-corrected chi connectivity index (χ3v) is 2.21. The lowest BCUT2D eigenvalue weighted by Crippen LogP contribution is -2.25. The first kappa shape index (κ1) is 9.15. The van der Waals surface area contributed by atoms with Crippen molar-refractivity contribution >= 4 is 5.91 Å². The van der Waals surface area contributed by atoms with Crippen molar-refractivity contribution in [1.82, 2.24) is 10.3 Å². The van der Waals surface area contributed by atoms with E-state index < -0.39 is 0 Å². The van der Waals surface area contributed by atoms with Crippen molar-refractivity contribution in [2.75, 3.05) is 0 Å². The number of carbonyl (C=O) groups excluding carboxylic acids is 1. The summed E-state index contributed by atoms with van der Waals surface area (Å²) >= 11 is 0. The minimum atomic E-state index is -0.0460. The molecule has 1 amide bonds. The fourth-order valence-corrected chi connectivity index (χ4v) is 1.22. The molecule has 1 aromatic rings. The largest absolute Gasteiger partial charge is 0.349 e. The summed E-state index contributed by atoms with van der Waals surface area (Å²) in [5.41, 5.74) is 6.94. The van der Waals surface area contributed by atoms with E-state index in [1.807, 2.05) is 0 Å². The lowest BCUT2D eigenvalue weighted by atomic mass is 10.2. The van der Waals surface area contributed by atoms with Crippen LogP contribution in [0, 0.1) is 0 Å². The molecule has 74 valence electrons. The Morgan fingerprint density at radius 1 is 1.57 bits per heavy atom. The molecule has 0 aliphatic heterocycles. The van der Waals surface area contributed by atoms with Gasteiger partial charge >= 0.3 is 0 Å². The van der Waals surface area contributed by atoms with Crippen LogP contribution in [0.25, 0.3) is 0 Å². The second-order valence-corrected chi connectivity index (χ2v) is 3.53. The number of nitrogens with two attached hydrogens (primary N) is 1. The van der Waals surface area contributed by atoms with Crippen LogP contribution in [0.2, 0.25) is 0 Å². The highest BCUT2D eigenvalue weighted by Gasteiger charge is 2.23. The smallest absolute Gasteiger partial charge is 0.253 e. The Labute approximate surface area is 82.5 Å². The van der Waals surface area contributed by atoms with Gasteiger partial charge in [-0.05, 0) is 24.5 Å². The fraction of sp³-hybridized carbons (Fsp3) is 0.400. The van der Waals surface area contributed by atoms with Gasteiger partial charge in [-0.2, -0.15) is 0 Å². The standard InChI is InChI=1S/C10H13N3O/c11-4-7-3-8(6-12-5-7)10(14)13-9-1-2-9/h3,5-6,9H,1-2,4,11H2,(H,13,14). The van der Waals surface area contributed by atoms with E-state index in [9.17, 15) is 4.79 Å². The van der Waals surface area contributed by atoms with E-state index in [1.165, 1.54) is 0 Å². The molecule has 0 saturated heterocycles. The first-order valence-electron chi connectivity index (χ1n) is 4.74. The molecule has 0 atom stereocenters. The molecular weight excluding hydrogens is 178 g/mol. The van der Waals surface area contributed by atoms with Crippen molar-refractivity contribution in [2.24, 2.45) is 5.73 Å². The van der Waals surface area contributed by atoms with Crippen molar-refractivity contribution in [3.05, 3.63) is 29.6 Å². The summed E-state index contributed by atoms with van der Waals surface area (Å²) in [4.78, 5) is 15.5. The van der Waals surface area contributed by atoms with E-state index >= 15 is 0 Å². The van der Waals surface area contributed by atoms with Crippen LogP contribution in [0.3, 0.4) is 0 Å². The van der Waals surface area contributed by atoms with Crippen molar-refractivity contribution in [1.29, 1.82) is 0 Å². The fourth-order valence-electron chi connectivity index (χ4n) is 1.22. The first-order chi connectivity index (χ1) is 6.79. The van der Waals surface area contributed by atoms with Crippen molar-refractivity contribution in [2.45, 2.75) is 25.4 Å². The predicted octanol–water partition coefficient (Wildman–Crippen LogP) is 0.432. The quantitative estimate of drug-likeness (QED) is 0.728. The van der Waals surface area contributed by atoms with E-state index in [4.69, 9.17) is 5.73 Å². The van der Waals surface area contributed by atoms with Gasteiger partial charge < -0.3 is 11.1 Å². The average Bonchev–Trinajstić information content (AvgIpc) is 3.02. The summed E-state index contributed by atoms with van der Waals surface area (Å²) in [5.74, 6) is -0.0460. The van der Waals surface area contributed by atoms with Crippen molar-refractivity contribution < 1.29 is 4.79 Å². The molecule has 1 aliphatic rings. The predicted molar refractivity (Wildman–Crippen MR) is 52.6 cm³/mol. The average molecular weight is 191 g/mol. The Morgan fingerprint density at radius 3 is 3.00 bits per heavy atom. The summed E-state index contributed by atoms with van der Waals surface area (Å²) in [6.07, 6.45) is 5.43. The summed E-state index contributed by atoms with van der Waals surface area (Å²) in [5, 5.41) is 2.90. The Bertz CT molecular complexity index is 347. The van der Waals surface area contributed by atoms with Gasteiger partial charge in [0.2, 0.25) is 0 Å². The maximum Gasteiger partial charge on any atom is 0.253 e. The van der Waals surface area contributed by atoms with Crippen molar-refractivity contribution in [3.8, 4) is 0 Å². The van der Waals surface area contributed by atoms with E-state index in [0.29, 0.717) is 18.2 Å². The molecular formula is C10H13N3O. The third kappa shape index (κ3) is 2.09. The SMILES string of the molecule is NCc1cncc(C(=O)NC2CC2)c1. The van der Waals surface area contributed by atoms with Crippen LogP contribution < -0.4 is 11.1 Å². The minimum absolute atomic E-state index is 0.0460. The highest BCUT2D eigenvalue weighted by Crippen LogP contribution is 2.19.